The molecule has 106 valence electrons. The molecular weight excluding hydrogens is 236 g/mol. The van der Waals surface area contributed by atoms with Crippen LogP contribution in [-0.4, -0.2) is 49.7 Å². The Morgan fingerprint density at radius 3 is 2.79 bits per heavy atom. The Morgan fingerprint density at radius 1 is 1.42 bits per heavy atom. The summed E-state index contributed by atoms with van der Waals surface area (Å²) in [5.74, 6) is 0. The second-order valence-electron chi connectivity index (χ2n) is 5.44. The molecule has 2 heterocycles. The number of rotatable bonds is 4. The van der Waals surface area contributed by atoms with Gasteiger partial charge in [0.15, 0.2) is 0 Å². The monoisotopic (exact) mass is 262 g/mol. The van der Waals surface area contributed by atoms with Crippen LogP contribution in [0.1, 0.15) is 32.0 Å². The normalized spacial score (nSPS) is 22.5. The molecule has 4 heteroatoms. The third kappa shape index (κ3) is 3.25. The van der Waals surface area contributed by atoms with E-state index < -0.39 is 0 Å². The first-order chi connectivity index (χ1) is 9.15. The molecule has 1 aromatic heterocycles. The van der Waals surface area contributed by atoms with E-state index in [-0.39, 0.29) is 0 Å². The Kier molecular flexibility index (Phi) is 4.77. The summed E-state index contributed by atoms with van der Waals surface area (Å²) >= 11 is 0. The highest BCUT2D eigenvalue weighted by Gasteiger charge is 2.23. The average molecular weight is 262 g/mol. The average Bonchev–Trinajstić information content (AvgIpc) is 2.47. The molecule has 0 bridgehead atoms. The van der Waals surface area contributed by atoms with Crippen molar-refractivity contribution >= 4 is 5.69 Å². The van der Waals surface area contributed by atoms with Gasteiger partial charge in [-0.15, -0.1) is 0 Å². The van der Waals surface area contributed by atoms with E-state index >= 15 is 0 Å². The number of likely N-dealkylation sites (N-methyl/N-ethyl adjacent to an activating group) is 1. The Morgan fingerprint density at radius 2 is 2.21 bits per heavy atom. The van der Waals surface area contributed by atoms with Crippen molar-refractivity contribution in [3.63, 3.8) is 0 Å². The second kappa shape index (κ2) is 6.35. The van der Waals surface area contributed by atoms with Gasteiger partial charge in [0, 0.05) is 31.7 Å². The summed E-state index contributed by atoms with van der Waals surface area (Å²) < 4.78 is 0. The molecule has 0 spiro atoms. The van der Waals surface area contributed by atoms with Crippen LogP contribution in [0.4, 0.5) is 5.69 Å². The van der Waals surface area contributed by atoms with Gasteiger partial charge in [-0.05, 0) is 39.6 Å². The maximum atomic E-state index is 4.58. The van der Waals surface area contributed by atoms with Crippen molar-refractivity contribution in [3.05, 3.63) is 24.0 Å². The molecule has 2 rings (SSSR count). The summed E-state index contributed by atoms with van der Waals surface area (Å²) in [5.41, 5.74) is 2.35. The molecule has 19 heavy (non-hydrogen) atoms. The molecular formula is C15H26N4. The lowest BCUT2D eigenvalue weighted by Crippen LogP contribution is -2.51. The lowest BCUT2D eigenvalue weighted by Gasteiger charge is -2.40. The van der Waals surface area contributed by atoms with Crippen LogP contribution in [0.2, 0.25) is 0 Å². The summed E-state index contributed by atoms with van der Waals surface area (Å²) in [7, 11) is 4.19. The number of nitrogens with one attached hydrogen (secondary N) is 1. The first kappa shape index (κ1) is 14.3. The molecule has 1 saturated heterocycles. The molecule has 2 atom stereocenters. The van der Waals surface area contributed by atoms with Gasteiger partial charge in [0.2, 0.25) is 0 Å². The van der Waals surface area contributed by atoms with Gasteiger partial charge in [-0.3, -0.25) is 9.88 Å². The zero-order valence-electron chi connectivity index (χ0n) is 12.6. The van der Waals surface area contributed by atoms with Crippen LogP contribution in [0.15, 0.2) is 18.3 Å². The van der Waals surface area contributed by atoms with Crippen molar-refractivity contribution in [2.75, 3.05) is 38.6 Å². The molecule has 1 aromatic rings. The molecule has 0 radical (unpaired) electrons. The van der Waals surface area contributed by atoms with Crippen molar-refractivity contribution in [1.82, 2.24) is 15.2 Å². The zero-order valence-corrected chi connectivity index (χ0v) is 12.6. The maximum absolute atomic E-state index is 4.58. The number of pyridine rings is 1. The minimum absolute atomic E-state index is 0.310. The molecule has 0 amide bonds. The highest BCUT2D eigenvalue weighted by atomic mass is 15.3. The van der Waals surface area contributed by atoms with Crippen LogP contribution in [0.3, 0.4) is 0 Å². The van der Waals surface area contributed by atoms with E-state index in [4.69, 9.17) is 0 Å². The van der Waals surface area contributed by atoms with Gasteiger partial charge in [0.05, 0.1) is 17.6 Å². The number of hydrogen-bond acceptors (Lipinski definition) is 4. The van der Waals surface area contributed by atoms with Gasteiger partial charge in [0.25, 0.3) is 0 Å². The Hall–Kier alpha value is -1.13. The van der Waals surface area contributed by atoms with Crippen LogP contribution in [0.25, 0.3) is 0 Å². The predicted molar refractivity (Wildman–Crippen MR) is 80.6 cm³/mol. The fourth-order valence-electron chi connectivity index (χ4n) is 2.61. The van der Waals surface area contributed by atoms with Crippen molar-refractivity contribution in [1.29, 1.82) is 0 Å². The molecule has 0 saturated carbocycles. The molecule has 1 fully saturated rings. The fourth-order valence-corrected chi connectivity index (χ4v) is 2.61. The fraction of sp³-hybridized carbons (Fsp3) is 0.667. The first-order valence-electron chi connectivity index (χ1n) is 7.24. The quantitative estimate of drug-likeness (QED) is 0.898. The number of aromatic nitrogens is 1. The molecule has 1 N–H and O–H groups in total. The second-order valence-corrected chi connectivity index (χ2v) is 5.44. The minimum atomic E-state index is 0.310. The summed E-state index contributed by atoms with van der Waals surface area (Å²) in [4.78, 5) is 9.49. The van der Waals surface area contributed by atoms with Crippen LogP contribution in [0.5, 0.6) is 0 Å². The van der Waals surface area contributed by atoms with Gasteiger partial charge < -0.3 is 10.2 Å². The molecule has 4 nitrogen and oxygen atoms in total. The number of nitrogens with zero attached hydrogens (tertiary/aromatic N) is 3. The van der Waals surface area contributed by atoms with E-state index in [0.29, 0.717) is 12.1 Å². The van der Waals surface area contributed by atoms with E-state index in [2.05, 4.69) is 53.1 Å². The first-order valence-corrected chi connectivity index (χ1v) is 7.24. The third-order valence-corrected chi connectivity index (χ3v) is 4.26. The molecule has 1 aliphatic rings. The van der Waals surface area contributed by atoms with Gasteiger partial charge in [0.1, 0.15) is 0 Å². The summed E-state index contributed by atoms with van der Waals surface area (Å²) in [6.45, 7) is 7.73. The van der Waals surface area contributed by atoms with Crippen molar-refractivity contribution < 1.29 is 0 Å². The predicted octanol–water partition coefficient (Wildman–Crippen LogP) is 1.89. The number of hydrogen-bond donors (Lipinski definition) is 1. The smallest absolute Gasteiger partial charge is 0.0571 e. The highest BCUT2D eigenvalue weighted by molar-refractivity contribution is 5.45. The van der Waals surface area contributed by atoms with Crippen molar-refractivity contribution in [2.24, 2.45) is 0 Å². The molecule has 0 aromatic carbocycles. The van der Waals surface area contributed by atoms with Crippen LogP contribution < -0.4 is 10.2 Å². The molecule has 0 aliphatic carbocycles. The van der Waals surface area contributed by atoms with Crippen LogP contribution >= 0.6 is 0 Å². The largest absolute Gasteiger partial charge is 0.367 e. The SMILES string of the molecule is CCC1CN(c2ccc(C(C)NC)nc2)CCN1C. The highest BCUT2D eigenvalue weighted by Crippen LogP contribution is 2.20. The van der Waals surface area contributed by atoms with Crippen LogP contribution in [-0.2, 0) is 0 Å². The van der Waals surface area contributed by atoms with E-state index in [0.717, 1.165) is 25.3 Å². The Balaban J connectivity index is 2.06. The van der Waals surface area contributed by atoms with Crippen molar-refractivity contribution in [2.45, 2.75) is 32.4 Å². The maximum Gasteiger partial charge on any atom is 0.0571 e. The summed E-state index contributed by atoms with van der Waals surface area (Å²) in [6.07, 6.45) is 3.22. The summed E-state index contributed by atoms with van der Waals surface area (Å²) in [6, 6.07) is 5.30. The lowest BCUT2D eigenvalue weighted by molar-refractivity contribution is 0.213. The van der Waals surface area contributed by atoms with E-state index in [1.165, 1.54) is 12.1 Å². The molecule has 1 aliphatic heterocycles. The number of piperazine rings is 1. The Labute approximate surface area is 116 Å². The minimum Gasteiger partial charge on any atom is -0.367 e. The molecule has 2 unspecified atom stereocenters. The topological polar surface area (TPSA) is 31.4 Å². The Bertz CT molecular complexity index is 390. The van der Waals surface area contributed by atoms with E-state index in [9.17, 15) is 0 Å². The van der Waals surface area contributed by atoms with Gasteiger partial charge in [-0.2, -0.15) is 0 Å². The van der Waals surface area contributed by atoms with Crippen LogP contribution in [0, 0.1) is 0 Å². The standard InChI is InChI=1S/C15H26N4/c1-5-13-11-19(9-8-18(13)4)14-6-7-15(17-10-14)12(2)16-3/h6-7,10,12-13,16H,5,8-9,11H2,1-4H3. The van der Waals surface area contributed by atoms with E-state index in [1.807, 2.05) is 13.2 Å². The zero-order chi connectivity index (χ0) is 13.8. The summed E-state index contributed by atoms with van der Waals surface area (Å²) in [5, 5.41) is 3.22. The number of anilines is 1. The van der Waals surface area contributed by atoms with Crippen molar-refractivity contribution in [3.8, 4) is 0 Å². The van der Waals surface area contributed by atoms with E-state index in [1.54, 1.807) is 0 Å². The van der Waals surface area contributed by atoms with Gasteiger partial charge in [-0.25, -0.2) is 0 Å². The van der Waals surface area contributed by atoms with Gasteiger partial charge >= 0.3 is 0 Å². The van der Waals surface area contributed by atoms with Gasteiger partial charge in [-0.1, -0.05) is 6.92 Å². The lowest BCUT2D eigenvalue weighted by atomic mass is 10.1. The third-order valence-electron chi connectivity index (χ3n) is 4.26.